The van der Waals surface area contributed by atoms with Crippen LogP contribution in [0, 0.1) is 13.8 Å². The molecule has 0 aliphatic heterocycles. The van der Waals surface area contributed by atoms with E-state index in [9.17, 15) is 18.3 Å². The van der Waals surface area contributed by atoms with Gasteiger partial charge < -0.3 is 14.2 Å². The highest BCUT2D eigenvalue weighted by atomic mass is 35.5. The van der Waals surface area contributed by atoms with E-state index in [1.807, 2.05) is 30.5 Å². The largest absolute Gasteiger partial charge is 0.449 e. The number of hydrogen-bond donors (Lipinski definition) is 1. The fourth-order valence-electron chi connectivity index (χ4n) is 3.84. The van der Waals surface area contributed by atoms with Crippen LogP contribution in [0.1, 0.15) is 17.1 Å². The molecule has 0 fully saturated rings. The van der Waals surface area contributed by atoms with Gasteiger partial charge in [-0.25, -0.2) is 4.98 Å². The molecule has 0 amide bonds. The SMILES string of the molecule is Cc1c(C)n(C[C@@H](O)Cn2c(C(F)(F)F)nc3ccccc32)c2c(Cl)cccc12. The molecule has 0 aliphatic carbocycles. The minimum atomic E-state index is -4.62. The average molecular weight is 422 g/mol. The number of alkyl halides is 3. The minimum absolute atomic E-state index is 0.115. The average Bonchev–Trinajstić information content (AvgIpc) is 3.14. The lowest BCUT2D eigenvalue weighted by molar-refractivity contribution is -0.147. The van der Waals surface area contributed by atoms with Crippen molar-refractivity contribution in [2.45, 2.75) is 39.2 Å². The number of fused-ring (bicyclic) bond motifs is 2. The van der Waals surface area contributed by atoms with Crippen molar-refractivity contribution in [2.75, 3.05) is 0 Å². The number of aliphatic hydroxyl groups is 1. The Bertz CT molecular complexity index is 1210. The van der Waals surface area contributed by atoms with Gasteiger partial charge in [-0.1, -0.05) is 35.9 Å². The summed E-state index contributed by atoms with van der Waals surface area (Å²) in [7, 11) is 0. The van der Waals surface area contributed by atoms with Crippen molar-refractivity contribution in [1.29, 1.82) is 0 Å². The number of benzene rings is 2. The first-order valence-corrected chi connectivity index (χ1v) is 9.50. The molecule has 0 spiro atoms. The van der Waals surface area contributed by atoms with E-state index in [4.69, 9.17) is 11.6 Å². The van der Waals surface area contributed by atoms with Gasteiger partial charge in [0.2, 0.25) is 5.82 Å². The number of aliphatic hydroxyl groups excluding tert-OH is 1. The van der Waals surface area contributed by atoms with Crippen molar-refractivity contribution in [3.63, 3.8) is 0 Å². The summed E-state index contributed by atoms with van der Waals surface area (Å²) >= 11 is 6.37. The number of aryl methyl sites for hydroxylation is 1. The molecule has 2 aromatic heterocycles. The zero-order chi connectivity index (χ0) is 20.9. The summed E-state index contributed by atoms with van der Waals surface area (Å²) in [5.41, 5.74) is 3.29. The van der Waals surface area contributed by atoms with Crippen molar-refractivity contribution < 1.29 is 18.3 Å². The molecule has 2 heterocycles. The predicted octanol–water partition coefficient (Wildman–Crippen LogP) is 5.34. The first-order valence-electron chi connectivity index (χ1n) is 9.13. The van der Waals surface area contributed by atoms with Crippen molar-refractivity contribution in [1.82, 2.24) is 14.1 Å². The monoisotopic (exact) mass is 421 g/mol. The van der Waals surface area contributed by atoms with Gasteiger partial charge in [-0.15, -0.1) is 0 Å². The number of imidazole rings is 1. The highest BCUT2D eigenvalue weighted by Crippen LogP contribution is 2.33. The number of hydrogen-bond acceptors (Lipinski definition) is 2. The van der Waals surface area contributed by atoms with Crippen molar-refractivity contribution in [3.8, 4) is 0 Å². The maximum Gasteiger partial charge on any atom is 0.449 e. The third-order valence-electron chi connectivity index (χ3n) is 5.30. The molecule has 0 saturated heterocycles. The summed E-state index contributed by atoms with van der Waals surface area (Å²) in [6, 6.07) is 11.9. The molecule has 29 heavy (non-hydrogen) atoms. The Labute approximate surface area is 170 Å². The molecule has 0 unspecified atom stereocenters. The lowest BCUT2D eigenvalue weighted by Crippen LogP contribution is -2.26. The lowest BCUT2D eigenvalue weighted by atomic mass is 10.2. The smallest absolute Gasteiger partial charge is 0.389 e. The molecule has 0 bridgehead atoms. The fraction of sp³-hybridized carbons (Fsp3) is 0.286. The topological polar surface area (TPSA) is 43.0 Å². The van der Waals surface area contributed by atoms with Crippen LogP contribution in [-0.2, 0) is 19.3 Å². The van der Waals surface area contributed by atoms with Crippen molar-refractivity contribution in [2.24, 2.45) is 0 Å². The Morgan fingerprint density at radius 3 is 2.45 bits per heavy atom. The van der Waals surface area contributed by atoms with Crippen LogP contribution in [-0.4, -0.2) is 25.3 Å². The summed E-state index contributed by atoms with van der Waals surface area (Å²) in [6.07, 6.45) is -5.69. The van der Waals surface area contributed by atoms with Crippen LogP contribution in [0.5, 0.6) is 0 Å². The van der Waals surface area contributed by atoms with E-state index in [0.29, 0.717) is 10.5 Å². The summed E-state index contributed by atoms with van der Waals surface area (Å²) in [5, 5.41) is 12.2. The third kappa shape index (κ3) is 3.38. The first-order chi connectivity index (χ1) is 13.7. The van der Waals surface area contributed by atoms with Gasteiger partial charge in [-0.05, 0) is 37.6 Å². The van der Waals surface area contributed by atoms with E-state index in [0.717, 1.165) is 26.7 Å². The molecule has 152 valence electrons. The Kier molecular flexibility index (Phi) is 4.83. The second-order valence-electron chi connectivity index (χ2n) is 7.14. The molecule has 0 radical (unpaired) electrons. The van der Waals surface area contributed by atoms with Gasteiger partial charge in [-0.3, -0.25) is 0 Å². The minimum Gasteiger partial charge on any atom is -0.389 e. The van der Waals surface area contributed by atoms with Gasteiger partial charge in [0.15, 0.2) is 0 Å². The summed E-state index contributed by atoms with van der Waals surface area (Å²) in [4.78, 5) is 3.73. The fourth-order valence-corrected chi connectivity index (χ4v) is 4.12. The van der Waals surface area contributed by atoms with Crippen LogP contribution in [0.2, 0.25) is 5.02 Å². The van der Waals surface area contributed by atoms with Crippen molar-refractivity contribution in [3.05, 3.63) is 64.6 Å². The van der Waals surface area contributed by atoms with Gasteiger partial charge >= 0.3 is 6.18 Å². The van der Waals surface area contributed by atoms with Crippen LogP contribution in [0.3, 0.4) is 0 Å². The van der Waals surface area contributed by atoms with Crippen LogP contribution < -0.4 is 0 Å². The summed E-state index contributed by atoms with van der Waals surface area (Å²) in [6.45, 7) is 3.75. The van der Waals surface area contributed by atoms with Gasteiger partial charge in [-0.2, -0.15) is 13.2 Å². The van der Waals surface area contributed by atoms with Crippen LogP contribution in [0.4, 0.5) is 13.2 Å². The van der Waals surface area contributed by atoms with Gasteiger partial charge in [0.25, 0.3) is 0 Å². The van der Waals surface area contributed by atoms with Gasteiger partial charge in [0.05, 0.1) is 40.8 Å². The molecule has 1 atom stereocenters. The normalized spacial score (nSPS) is 13.5. The predicted molar refractivity (Wildman–Crippen MR) is 107 cm³/mol. The number of nitrogens with zero attached hydrogens (tertiary/aromatic N) is 3. The zero-order valence-corrected chi connectivity index (χ0v) is 16.6. The van der Waals surface area contributed by atoms with Crippen LogP contribution in [0.15, 0.2) is 42.5 Å². The molecule has 4 aromatic rings. The Morgan fingerprint density at radius 1 is 1.03 bits per heavy atom. The van der Waals surface area contributed by atoms with Crippen LogP contribution in [0.25, 0.3) is 21.9 Å². The van der Waals surface area contributed by atoms with E-state index in [1.165, 1.54) is 6.07 Å². The maximum absolute atomic E-state index is 13.5. The van der Waals surface area contributed by atoms with Crippen molar-refractivity contribution >= 4 is 33.5 Å². The molecular weight excluding hydrogens is 403 g/mol. The number of aromatic nitrogens is 3. The summed E-state index contributed by atoms with van der Waals surface area (Å²) in [5.74, 6) is -1.01. The quantitative estimate of drug-likeness (QED) is 0.483. The van der Waals surface area contributed by atoms with Gasteiger partial charge in [0, 0.05) is 11.1 Å². The Hall–Kier alpha value is -2.51. The molecule has 0 saturated carbocycles. The first kappa shape index (κ1) is 19.8. The standard InChI is InChI=1S/C21H19ClF3N3O/c1-12-13(2)27(19-15(12)6-5-7-16(19)22)10-14(29)11-28-18-9-4-3-8-17(18)26-20(28)21(23,24)25/h3-9,14,29H,10-11H2,1-2H3/t14-/m1/s1. The van der Waals surface area contributed by atoms with E-state index in [1.54, 1.807) is 24.3 Å². The van der Waals surface area contributed by atoms with E-state index >= 15 is 0 Å². The second kappa shape index (κ2) is 7.07. The van der Waals surface area contributed by atoms with E-state index in [2.05, 4.69) is 4.98 Å². The molecule has 4 rings (SSSR count). The third-order valence-corrected chi connectivity index (χ3v) is 5.61. The maximum atomic E-state index is 13.5. The Morgan fingerprint density at radius 2 is 1.72 bits per heavy atom. The molecule has 1 N–H and O–H groups in total. The highest BCUT2D eigenvalue weighted by molar-refractivity contribution is 6.35. The van der Waals surface area contributed by atoms with E-state index in [-0.39, 0.29) is 18.6 Å². The lowest BCUT2D eigenvalue weighted by Gasteiger charge is -2.18. The number of rotatable bonds is 4. The molecule has 2 aromatic carbocycles. The summed E-state index contributed by atoms with van der Waals surface area (Å²) < 4.78 is 43.4. The van der Waals surface area contributed by atoms with E-state index < -0.39 is 18.1 Å². The number of para-hydroxylation sites is 3. The zero-order valence-electron chi connectivity index (χ0n) is 15.8. The number of halogens is 4. The molecule has 8 heteroatoms. The Balaban J connectivity index is 1.73. The molecular formula is C21H19ClF3N3O. The highest BCUT2D eigenvalue weighted by Gasteiger charge is 2.38. The van der Waals surface area contributed by atoms with Gasteiger partial charge in [0.1, 0.15) is 0 Å². The molecule has 4 nitrogen and oxygen atoms in total. The molecule has 0 aliphatic rings. The second-order valence-corrected chi connectivity index (χ2v) is 7.55. The van der Waals surface area contributed by atoms with Crippen LogP contribution >= 0.6 is 11.6 Å².